The monoisotopic (exact) mass is 386 g/mol. The molecular formula is C16H14BrF3N2O. The summed E-state index contributed by atoms with van der Waals surface area (Å²) in [5.74, 6) is -4.36. The first-order valence-electron chi connectivity index (χ1n) is 6.82. The van der Waals surface area contributed by atoms with Gasteiger partial charge in [-0.1, -0.05) is 15.9 Å². The Morgan fingerprint density at radius 2 is 1.87 bits per heavy atom. The summed E-state index contributed by atoms with van der Waals surface area (Å²) in [6.45, 7) is 1.98. The van der Waals surface area contributed by atoms with Crippen LogP contribution in [-0.2, 0) is 4.79 Å². The van der Waals surface area contributed by atoms with Gasteiger partial charge in [0.15, 0.2) is 17.5 Å². The number of carbonyl (C=O) groups excluding carboxylic acids is 1. The van der Waals surface area contributed by atoms with Crippen molar-refractivity contribution < 1.29 is 18.0 Å². The van der Waals surface area contributed by atoms with Crippen LogP contribution in [0.15, 0.2) is 34.8 Å². The lowest BCUT2D eigenvalue weighted by Crippen LogP contribution is -2.17. The van der Waals surface area contributed by atoms with Crippen molar-refractivity contribution in [2.75, 3.05) is 17.2 Å². The van der Waals surface area contributed by atoms with E-state index in [1.165, 1.54) is 0 Å². The number of aryl methyl sites for hydroxylation is 1. The van der Waals surface area contributed by atoms with E-state index in [1.807, 2.05) is 19.1 Å². The predicted molar refractivity (Wildman–Crippen MR) is 86.9 cm³/mol. The molecule has 7 heteroatoms. The topological polar surface area (TPSA) is 41.1 Å². The van der Waals surface area contributed by atoms with E-state index in [9.17, 15) is 18.0 Å². The summed E-state index contributed by atoms with van der Waals surface area (Å²) in [7, 11) is 0. The molecule has 3 nitrogen and oxygen atoms in total. The molecule has 0 spiro atoms. The number of nitrogens with one attached hydrogen (secondary N) is 2. The molecule has 0 aromatic heterocycles. The van der Waals surface area contributed by atoms with E-state index in [-0.39, 0.29) is 24.6 Å². The summed E-state index contributed by atoms with van der Waals surface area (Å²) in [5.41, 5.74) is 1.44. The van der Waals surface area contributed by atoms with Crippen LogP contribution in [0.5, 0.6) is 0 Å². The van der Waals surface area contributed by atoms with Crippen molar-refractivity contribution in [1.29, 1.82) is 0 Å². The third-order valence-corrected chi connectivity index (χ3v) is 4.03. The molecule has 0 atom stereocenters. The van der Waals surface area contributed by atoms with Crippen LogP contribution in [0, 0.1) is 24.4 Å². The summed E-state index contributed by atoms with van der Waals surface area (Å²) in [6, 6.07) is 7.29. The zero-order chi connectivity index (χ0) is 17.0. The smallest absolute Gasteiger partial charge is 0.226 e. The molecule has 0 saturated carbocycles. The quantitative estimate of drug-likeness (QED) is 0.736. The third kappa shape index (κ3) is 4.48. The summed E-state index contributed by atoms with van der Waals surface area (Å²) in [4.78, 5) is 11.8. The van der Waals surface area contributed by atoms with Gasteiger partial charge in [0.05, 0.1) is 5.69 Å². The zero-order valence-electron chi connectivity index (χ0n) is 12.2. The molecule has 2 aromatic rings. The number of hydrogen-bond acceptors (Lipinski definition) is 2. The van der Waals surface area contributed by atoms with Crippen LogP contribution in [0.3, 0.4) is 0 Å². The molecule has 1 amide bonds. The molecule has 2 rings (SSSR count). The third-order valence-electron chi connectivity index (χ3n) is 3.14. The van der Waals surface area contributed by atoms with Crippen LogP contribution in [0.4, 0.5) is 24.5 Å². The fourth-order valence-electron chi connectivity index (χ4n) is 1.92. The second-order valence-corrected chi connectivity index (χ2v) is 5.77. The van der Waals surface area contributed by atoms with E-state index in [2.05, 4.69) is 26.6 Å². The molecule has 0 fully saturated rings. The standard InChI is InChI=1S/C16H14BrF3N2O/c1-9-8-10(2-3-11(9)17)22-14(23)6-7-21-13-5-4-12(18)15(19)16(13)20/h2-5,8,21H,6-7H2,1H3,(H,22,23). The van der Waals surface area contributed by atoms with Gasteiger partial charge in [-0.2, -0.15) is 0 Å². The molecule has 122 valence electrons. The van der Waals surface area contributed by atoms with Crippen molar-refractivity contribution in [2.24, 2.45) is 0 Å². The Bertz CT molecular complexity index is 738. The Hall–Kier alpha value is -2.02. The Kier molecular flexibility index (Phi) is 5.65. The van der Waals surface area contributed by atoms with Gasteiger partial charge in [-0.3, -0.25) is 4.79 Å². The second-order valence-electron chi connectivity index (χ2n) is 4.91. The van der Waals surface area contributed by atoms with Gasteiger partial charge in [0.1, 0.15) is 0 Å². The summed E-state index contributed by atoms with van der Waals surface area (Å²) < 4.78 is 40.2. The van der Waals surface area contributed by atoms with Crippen molar-refractivity contribution in [3.8, 4) is 0 Å². The van der Waals surface area contributed by atoms with Gasteiger partial charge < -0.3 is 10.6 Å². The molecule has 2 aromatic carbocycles. The predicted octanol–water partition coefficient (Wildman–Crippen LogP) is 4.62. The maximum atomic E-state index is 13.4. The summed E-state index contributed by atoms with van der Waals surface area (Å²) in [5, 5.41) is 5.27. The minimum absolute atomic E-state index is 0.0492. The lowest BCUT2D eigenvalue weighted by atomic mass is 10.2. The minimum Gasteiger partial charge on any atom is -0.382 e. The van der Waals surface area contributed by atoms with Crippen molar-refractivity contribution in [3.63, 3.8) is 0 Å². The van der Waals surface area contributed by atoms with E-state index >= 15 is 0 Å². The molecular weight excluding hydrogens is 373 g/mol. The van der Waals surface area contributed by atoms with Crippen molar-refractivity contribution >= 4 is 33.2 Å². The van der Waals surface area contributed by atoms with Gasteiger partial charge in [0, 0.05) is 23.1 Å². The average molecular weight is 387 g/mol. The molecule has 0 unspecified atom stereocenters. The molecule has 23 heavy (non-hydrogen) atoms. The van der Waals surface area contributed by atoms with E-state index in [4.69, 9.17) is 0 Å². The number of benzene rings is 2. The van der Waals surface area contributed by atoms with E-state index < -0.39 is 17.5 Å². The first kappa shape index (κ1) is 17.3. The van der Waals surface area contributed by atoms with Gasteiger partial charge in [-0.15, -0.1) is 0 Å². The largest absolute Gasteiger partial charge is 0.382 e. The number of rotatable bonds is 5. The van der Waals surface area contributed by atoms with Crippen molar-refractivity contribution in [3.05, 3.63) is 57.8 Å². The Morgan fingerprint density at radius 1 is 1.13 bits per heavy atom. The fraction of sp³-hybridized carbons (Fsp3) is 0.188. The minimum atomic E-state index is -1.54. The summed E-state index contributed by atoms with van der Waals surface area (Å²) >= 11 is 3.37. The maximum absolute atomic E-state index is 13.4. The molecule has 0 saturated heterocycles. The molecule has 0 heterocycles. The van der Waals surface area contributed by atoms with Crippen molar-refractivity contribution in [2.45, 2.75) is 13.3 Å². The summed E-state index contributed by atoms with van der Waals surface area (Å²) in [6.07, 6.45) is 0.0492. The van der Waals surface area contributed by atoms with Gasteiger partial charge in [-0.05, 0) is 42.8 Å². The lowest BCUT2D eigenvalue weighted by Gasteiger charge is -2.09. The van der Waals surface area contributed by atoms with Crippen LogP contribution in [0.1, 0.15) is 12.0 Å². The normalized spacial score (nSPS) is 10.5. The highest BCUT2D eigenvalue weighted by Gasteiger charge is 2.13. The number of amides is 1. The Morgan fingerprint density at radius 3 is 2.57 bits per heavy atom. The second kappa shape index (κ2) is 7.50. The molecule has 0 radical (unpaired) electrons. The highest BCUT2D eigenvalue weighted by Crippen LogP contribution is 2.21. The van der Waals surface area contributed by atoms with Crippen LogP contribution < -0.4 is 10.6 Å². The zero-order valence-corrected chi connectivity index (χ0v) is 13.8. The molecule has 0 bridgehead atoms. The molecule has 0 aliphatic heterocycles. The SMILES string of the molecule is Cc1cc(NC(=O)CCNc2ccc(F)c(F)c2F)ccc1Br. The Balaban J connectivity index is 1.87. The number of halogens is 4. The average Bonchev–Trinajstić information content (AvgIpc) is 2.51. The number of hydrogen-bond donors (Lipinski definition) is 2. The fourth-order valence-corrected chi connectivity index (χ4v) is 2.17. The Labute approximate surface area is 140 Å². The van der Waals surface area contributed by atoms with Gasteiger partial charge in [0.2, 0.25) is 5.91 Å². The molecule has 0 aliphatic carbocycles. The first-order valence-corrected chi connectivity index (χ1v) is 7.61. The van der Waals surface area contributed by atoms with Crippen LogP contribution in [0.25, 0.3) is 0 Å². The lowest BCUT2D eigenvalue weighted by molar-refractivity contribution is -0.115. The van der Waals surface area contributed by atoms with Gasteiger partial charge >= 0.3 is 0 Å². The molecule has 0 aliphatic rings. The first-order chi connectivity index (χ1) is 10.9. The molecule has 2 N–H and O–H groups in total. The van der Waals surface area contributed by atoms with Crippen LogP contribution in [-0.4, -0.2) is 12.5 Å². The highest BCUT2D eigenvalue weighted by atomic mass is 79.9. The van der Waals surface area contributed by atoms with Crippen molar-refractivity contribution in [1.82, 2.24) is 0 Å². The van der Waals surface area contributed by atoms with E-state index in [0.29, 0.717) is 5.69 Å². The van der Waals surface area contributed by atoms with Gasteiger partial charge in [0.25, 0.3) is 0 Å². The highest BCUT2D eigenvalue weighted by molar-refractivity contribution is 9.10. The number of anilines is 2. The van der Waals surface area contributed by atoms with E-state index in [1.54, 1.807) is 6.07 Å². The van der Waals surface area contributed by atoms with Crippen LogP contribution in [0.2, 0.25) is 0 Å². The van der Waals surface area contributed by atoms with Gasteiger partial charge in [-0.25, -0.2) is 13.2 Å². The van der Waals surface area contributed by atoms with Crippen LogP contribution >= 0.6 is 15.9 Å². The maximum Gasteiger partial charge on any atom is 0.226 e. The number of carbonyl (C=O) groups is 1. The van der Waals surface area contributed by atoms with E-state index in [0.717, 1.165) is 22.2 Å².